The van der Waals surface area contributed by atoms with Crippen molar-refractivity contribution >= 4 is 11.9 Å². The van der Waals surface area contributed by atoms with Crippen LogP contribution in [0.2, 0.25) is 0 Å². The van der Waals surface area contributed by atoms with Crippen molar-refractivity contribution in [2.75, 3.05) is 6.54 Å². The summed E-state index contributed by atoms with van der Waals surface area (Å²) in [5.74, 6) is -1.77. The van der Waals surface area contributed by atoms with Gasteiger partial charge >= 0.3 is 5.97 Å². The lowest BCUT2D eigenvalue weighted by molar-refractivity contribution is -0.148. The number of hydrogen-bond donors (Lipinski definition) is 2. The van der Waals surface area contributed by atoms with Crippen LogP contribution in [0.3, 0.4) is 0 Å². The van der Waals surface area contributed by atoms with E-state index in [0.717, 1.165) is 0 Å². The number of aliphatic hydroxyl groups excluding tert-OH is 1. The average Bonchev–Trinajstić information content (AvgIpc) is 2.28. The summed E-state index contributed by atoms with van der Waals surface area (Å²) >= 11 is 0. The van der Waals surface area contributed by atoms with Gasteiger partial charge in [-0.05, 0) is 0 Å². The zero-order valence-electron chi connectivity index (χ0n) is 7.60. The van der Waals surface area contributed by atoms with Crippen LogP contribution in [0.5, 0.6) is 0 Å². The smallest absolute Gasteiger partial charge is 0.326 e. The van der Waals surface area contributed by atoms with Gasteiger partial charge < -0.3 is 15.1 Å². The molecule has 1 aliphatic rings. The summed E-state index contributed by atoms with van der Waals surface area (Å²) in [5.41, 5.74) is 0. The minimum absolute atomic E-state index is 0.119. The highest BCUT2D eigenvalue weighted by Crippen LogP contribution is 2.24. The summed E-state index contributed by atoms with van der Waals surface area (Å²) in [6.45, 7) is 3.06. The third kappa shape index (κ3) is 1.65. The molecule has 0 aromatic rings. The SMILES string of the molecule is CC(=O)N1C[C@@H](O)[C@@H](C)[C@H]1C(=O)O. The Bertz CT molecular complexity index is 240. The van der Waals surface area contributed by atoms with Crippen LogP contribution in [-0.4, -0.2) is 45.7 Å². The predicted molar refractivity (Wildman–Crippen MR) is 44.0 cm³/mol. The molecule has 0 aromatic carbocycles. The Hall–Kier alpha value is -1.10. The van der Waals surface area contributed by atoms with Crippen molar-refractivity contribution in [3.63, 3.8) is 0 Å². The molecule has 1 amide bonds. The van der Waals surface area contributed by atoms with Crippen molar-refractivity contribution in [2.45, 2.75) is 26.0 Å². The van der Waals surface area contributed by atoms with Crippen molar-refractivity contribution in [2.24, 2.45) is 5.92 Å². The van der Waals surface area contributed by atoms with Gasteiger partial charge in [0.2, 0.25) is 5.91 Å². The Morgan fingerprint density at radius 2 is 2.00 bits per heavy atom. The molecule has 0 bridgehead atoms. The highest BCUT2D eigenvalue weighted by atomic mass is 16.4. The summed E-state index contributed by atoms with van der Waals surface area (Å²) < 4.78 is 0. The molecule has 1 rings (SSSR count). The molecule has 74 valence electrons. The number of nitrogens with zero attached hydrogens (tertiary/aromatic N) is 1. The van der Waals surface area contributed by atoms with E-state index in [9.17, 15) is 14.7 Å². The van der Waals surface area contributed by atoms with Crippen LogP contribution in [0.15, 0.2) is 0 Å². The van der Waals surface area contributed by atoms with Crippen molar-refractivity contribution in [1.29, 1.82) is 0 Å². The van der Waals surface area contributed by atoms with Crippen LogP contribution in [-0.2, 0) is 9.59 Å². The second kappa shape index (κ2) is 3.33. The minimum atomic E-state index is -1.06. The molecule has 0 saturated carbocycles. The van der Waals surface area contributed by atoms with Gasteiger partial charge in [0.15, 0.2) is 0 Å². The summed E-state index contributed by atoms with van der Waals surface area (Å²) in [7, 11) is 0. The van der Waals surface area contributed by atoms with Gasteiger partial charge in [0.1, 0.15) is 6.04 Å². The van der Waals surface area contributed by atoms with E-state index < -0.39 is 24.0 Å². The van der Waals surface area contributed by atoms with E-state index in [1.54, 1.807) is 6.92 Å². The molecule has 0 aromatic heterocycles. The number of aliphatic hydroxyl groups is 1. The van der Waals surface area contributed by atoms with Crippen molar-refractivity contribution in [3.05, 3.63) is 0 Å². The summed E-state index contributed by atoms with van der Waals surface area (Å²) in [6.07, 6.45) is -0.731. The number of aliphatic carboxylic acids is 1. The summed E-state index contributed by atoms with van der Waals surface area (Å²) in [6, 6.07) is -0.882. The van der Waals surface area contributed by atoms with Crippen LogP contribution >= 0.6 is 0 Å². The molecule has 0 unspecified atom stereocenters. The largest absolute Gasteiger partial charge is 0.480 e. The Labute approximate surface area is 76.0 Å². The van der Waals surface area contributed by atoms with Crippen LogP contribution in [0.25, 0.3) is 0 Å². The van der Waals surface area contributed by atoms with Crippen LogP contribution < -0.4 is 0 Å². The number of rotatable bonds is 1. The van der Waals surface area contributed by atoms with Gasteiger partial charge in [-0.3, -0.25) is 4.79 Å². The molecule has 1 saturated heterocycles. The average molecular weight is 187 g/mol. The van der Waals surface area contributed by atoms with Crippen molar-refractivity contribution in [1.82, 2.24) is 4.90 Å². The molecule has 0 spiro atoms. The Morgan fingerprint density at radius 3 is 2.31 bits per heavy atom. The predicted octanol–water partition coefficient (Wildman–Crippen LogP) is -0.701. The molecular weight excluding hydrogens is 174 g/mol. The van der Waals surface area contributed by atoms with E-state index in [2.05, 4.69) is 0 Å². The van der Waals surface area contributed by atoms with Crippen molar-refractivity contribution in [3.8, 4) is 0 Å². The molecule has 13 heavy (non-hydrogen) atoms. The van der Waals surface area contributed by atoms with Gasteiger partial charge in [0, 0.05) is 19.4 Å². The molecule has 5 heteroatoms. The highest BCUT2D eigenvalue weighted by molar-refractivity contribution is 5.83. The third-order valence-electron chi connectivity index (χ3n) is 2.48. The quantitative estimate of drug-likeness (QED) is 0.569. The standard InChI is InChI=1S/C8H13NO4/c1-4-6(11)3-9(5(2)10)7(4)8(12)13/h4,6-7,11H,3H2,1-2H3,(H,12,13)/t4-,6-,7+/m1/s1. The summed E-state index contributed by atoms with van der Waals surface area (Å²) in [5, 5.41) is 18.2. The van der Waals surface area contributed by atoms with E-state index in [1.165, 1.54) is 11.8 Å². The van der Waals surface area contributed by atoms with Gasteiger partial charge in [0.25, 0.3) is 0 Å². The second-order valence-corrected chi connectivity index (χ2v) is 3.38. The summed E-state index contributed by atoms with van der Waals surface area (Å²) in [4.78, 5) is 23.0. The number of β-amino-alcohol motifs (C(OH)–C–C–N with tert-alkyl or cyclic N) is 1. The number of carbonyl (C=O) groups is 2. The normalized spacial score (nSPS) is 33.5. The fraction of sp³-hybridized carbons (Fsp3) is 0.750. The first-order valence-corrected chi connectivity index (χ1v) is 4.13. The Balaban J connectivity index is 2.86. The first-order valence-electron chi connectivity index (χ1n) is 4.13. The van der Waals surface area contributed by atoms with Crippen molar-refractivity contribution < 1.29 is 19.8 Å². The number of carboxylic acids is 1. The molecule has 5 nitrogen and oxygen atoms in total. The third-order valence-corrected chi connectivity index (χ3v) is 2.48. The topological polar surface area (TPSA) is 77.8 Å². The molecule has 0 radical (unpaired) electrons. The first-order chi connectivity index (χ1) is 5.95. The van der Waals surface area contributed by atoms with Gasteiger partial charge in [-0.2, -0.15) is 0 Å². The zero-order chi connectivity index (χ0) is 10.2. The van der Waals surface area contributed by atoms with E-state index in [0.29, 0.717) is 0 Å². The van der Waals surface area contributed by atoms with E-state index in [4.69, 9.17) is 5.11 Å². The van der Waals surface area contributed by atoms with Crippen LogP contribution in [0.1, 0.15) is 13.8 Å². The molecular formula is C8H13NO4. The lowest BCUT2D eigenvalue weighted by Gasteiger charge is -2.20. The van der Waals surface area contributed by atoms with Crippen LogP contribution in [0, 0.1) is 5.92 Å². The molecule has 2 N–H and O–H groups in total. The molecule has 0 aliphatic carbocycles. The number of carboxylic acid groups (broad SMARTS) is 1. The maximum absolute atomic E-state index is 11.0. The molecule has 1 heterocycles. The maximum Gasteiger partial charge on any atom is 0.326 e. The molecule has 3 atom stereocenters. The monoisotopic (exact) mass is 187 g/mol. The van der Waals surface area contributed by atoms with Gasteiger partial charge in [-0.25, -0.2) is 4.79 Å². The van der Waals surface area contributed by atoms with E-state index in [1.807, 2.05) is 0 Å². The maximum atomic E-state index is 11.0. The number of likely N-dealkylation sites (tertiary alicyclic amines) is 1. The molecule has 1 fully saturated rings. The first kappa shape index (κ1) is 9.98. The molecule has 1 aliphatic heterocycles. The minimum Gasteiger partial charge on any atom is -0.480 e. The number of amides is 1. The highest BCUT2D eigenvalue weighted by Gasteiger charge is 2.43. The number of hydrogen-bond acceptors (Lipinski definition) is 3. The van der Waals surface area contributed by atoms with Gasteiger partial charge in [-0.1, -0.05) is 6.92 Å². The van der Waals surface area contributed by atoms with Gasteiger partial charge in [-0.15, -0.1) is 0 Å². The lowest BCUT2D eigenvalue weighted by Crippen LogP contribution is -2.41. The van der Waals surface area contributed by atoms with E-state index in [-0.39, 0.29) is 12.5 Å². The second-order valence-electron chi connectivity index (χ2n) is 3.38. The zero-order valence-corrected chi connectivity index (χ0v) is 7.60. The Morgan fingerprint density at radius 1 is 1.46 bits per heavy atom. The van der Waals surface area contributed by atoms with E-state index >= 15 is 0 Å². The fourth-order valence-corrected chi connectivity index (χ4v) is 1.66. The Kier molecular flexibility index (Phi) is 2.56. The fourth-order valence-electron chi connectivity index (χ4n) is 1.66. The van der Waals surface area contributed by atoms with Gasteiger partial charge in [0.05, 0.1) is 6.10 Å². The lowest BCUT2D eigenvalue weighted by atomic mass is 10.0. The van der Waals surface area contributed by atoms with Crippen LogP contribution in [0.4, 0.5) is 0 Å². The number of carbonyl (C=O) groups excluding carboxylic acids is 1.